The molecule has 0 aliphatic carbocycles. The Bertz CT molecular complexity index is 739. The first-order valence-electron chi connectivity index (χ1n) is 8.74. The minimum absolute atomic E-state index is 0.0271. The van der Waals surface area contributed by atoms with Gasteiger partial charge in [0.25, 0.3) is 0 Å². The van der Waals surface area contributed by atoms with Crippen molar-refractivity contribution in [2.24, 2.45) is 5.92 Å². The van der Waals surface area contributed by atoms with E-state index in [4.69, 9.17) is 0 Å². The number of aromatic nitrogens is 2. The van der Waals surface area contributed by atoms with Gasteiger partial charge in [-0.05, 0) is 55.7 Å². The average Bonchev–Trinajstić information content (AvgIpc) is 2.59. The quantitative estimate of drug-likeness (QED) is 0.576. The van der Waals surface area contributed by atoms with Crippen molar-refractivity contribution in [3.05, 3.63) is 52.6 Å². The van der Waals surface area contributed by atoms with Crippen LogP contribution >= 0.6 is 11.8 Å². The average molecular weight is 376 g/mol. The Labute approximate surface area is 159 Å². The SMILES string of the molecule is CSc1nc(C)c(CCC(=O)N[C@H](c2ccc(F)cc2)C(C)C)c(C)n1. The van der Waals surface area contributed by atoms with Crippen molar-refractivity contribution in [1.29, 1.82) is 0 Å². The molecule has 0 aliphatic rings. The molecule has 1 heterocycles. The zero-order valence-corrected chi connectivity index (χ0v) is 16.8. The van der Waals surface area contributed by atoms with E-state index in [1.54, 1.807) is 12.1 Å². The summed E-state index contributed by atoms with van der Waals surface area (Å²) in [5, 5.41) is 3.83. The van der Waals surface area contributed by atoms with E-state index < -0.39 is 0 Å². The third-order valence-corrected chi connectivity index (χ3v) is 4.94. The maximum atomic E-state index is 13.2. The van der Waals surface area contributed by atoms with E-state index in [9.17, 15) is 9.18 Å². The maximum absolute atomic E-state index is 13.2. The lowest BCUT2D eigenvalue weighted by molar-refractivity contribution is -0.122. The summed E-state index contributed by atoms with van der Waals surface area (Å²) in [4.78, 5) is 21.4. The summed E-state index contributed by atoms with van der Waals surface area (Å²) in [7, 11) is 0. The molecule has 0 bridgehead atoms. The van der Waals surface area contributed by atoms with E-state index in [0.29, 0.717) is 12.8 Å². The molecule has 1 aromatic carbocycles. The molecule has 0 radical (unpaired) electrons. The molecule has 0 unspecified atom stereocenters. The Morgan fingerprint density at radius 3 is 2.23 bits per heavy atom. The molecule has 1 amide bonds. The molecule has 4 nitrogen and oxygen atoms in total. The van der Waals surface area contributed by atoms with Gasteiger partial charge in [0.2, 0.25) is 5.91 Å². The molecule has 26 heavy (non-hydrogen) atoms. The topological polar surface area (TPSA) is 54.9 Å². The van der Waals surface area contributed by atoms with Crippen LogP contribution in [0.4, 0.5) is 4.39 Å². The zero-order chi connectivity index (χ0) is 19.3. The Morgan fingerprint density at radius 1 is 1.15 bits per heavy atom. The first kappa shape index (κ1) is 20.4. The number of carbonyl (C=O) groups excluding carboxylic acids is 1. The summed E-state index contributed by atoms with van der Waals surface area (Å²) in [6.07, 6.45) is 2.92. The van der Waals surface area contributed by atoms with Crippen molar-refractivity contribution >= 4 is 17.7 Å². The van der Waals surface area contributed by atoms with Gasteiger partial charge in [-0.25, -0.2) is 14.4 Å². The molecule has 0 fully saturated rings. The van der Waals surface area contributed by atoms with Crippen LogP contribution in [-0.2, 0) is 11.2 Å². The van der Waals surface area contributed by atoms with Gasteiger partial charge in [-0.3, -0.25) is 4.79 Å². The lowest BCUT2D eigenvalue weighted by Crippen LogP contribution is -2.32. The summed E-state index contributed by atoms with van der Waals surface area (Å²) >= 11 is 1.51. The zero-order valence-electron chi connectivity index (χ0n) is 16.0. The predicted molar refractivity (Wildman–Crippen MR) is 104 cm³/mol. The summed E-state index contributed by atoms with van der Waals surface area (Å²) in [5.74, 6) is -0.0972. The lowest BCUT2D eigenvalue weighted by Gasteiger charge is -2.23. The van der Waals surface area contributed by atoms with Gasteiger partial charge in [-0.2, -0.15) is 0 Å². The van der Waals surface area contributed by atoms with Gasteiger partial charge in [0.1, 0.15) is 5.82 Å². The third kappa shape index (κ3) is 5.27. The molecule has 1 N–H and O–H groups in total. The molecule has 140 valence electrons. The summed E-state index contributed by atoms with van der Waals surface area (Å²) in [6, 6.07) is 6.16. The lowest BCUT2D eigenvalue weighted by atomic mass is 9.95. The van der Waals surface area contributed by atoms with E-state index in [2.05, 4.69) is 15.3 Å². The van der Waals surface area contributed by atoms with Gasteiger partial charge >= 0.3 is 0 Å². The monoisotopic (exact) mass is 375 g/mol. The fraction of sp³-hybridized carbons (Fsp3) is 0.450. The van der Waals surface area contributed by atoms with Crippen LogP contribution in [0.25, 0.3) is 0 Å². The molecule has 2 rings (SSSR count). The highest BCUT2D eigenvalue weighted by Crippen LogP contribution is 2.23. The van der Waals surface area contributed by atoms with Gasteiger partial charge in [-0.15, -0.1) is 0 Å². The molecule has 0 saturated carbocycles. The highest BCUT2D eigenvalue weighted by molar-refractivity contribution is 7.98. The molecule has 0 saturated heterocycles. The van der Waals surface area contributed by atoms with Crippen molar-refractivity contribution in [1.82, 2.24) is 15.3 Å². The number of carbonyl (C=O) groups is 1. The number of hydrogen-bond acceptors (Lipinski definition) is 4. The molecule has 0 spiro atoms. The number of amides is 1. The minimum Gasteiger partial charge on any atom is -0.349 e. The third-order valence-electron chi connectivity index (χ3n) is 4.40. The highest BCUT2D eigenvalue weighted by atomic mass is 32.2. The summed E-state index contributed by atoms with van der Waals surface area (Å²) in [6.45, 7) is 7.99. The van der Waals surface area contributed by atoms with Crippen LogP contribution in [-0.4, -0.2) is 22.1 Å². The van der Waals surface area contributed by atoms with E-state index in [1.807, 2.05) is 34.0 Å². The Hall–Kier alpha value is -1.95. The maximum Gasteiger partial charge on any atom is 0.220 e. The van der Waals surface area contributed by atoms with Crippen LogP contribution in [0.3, 0.4) is 0 Å². The van der Waals surface area contributed by atoms with Crippen molar-refractivity contribution in [3.63, 3.8) is 0 Å². The van der Waals surface area contributed by atoms with Gasteiger partial charge in [0.05, 0.1) is 6.04 Å². The van der Waals surface area contributed by atoms with Gasteiger partial charge in [0.15, 0.2) is 5.16 Å². The fourth-order valence-electron chi connectivity index (χ4n) is 2.95. The fourth-order valence-corrected chi connectivity index (χ4v) is 3.41. The van der Waals surface area contributed by atoms with Crippen LogP contribution < -0.4 is 5.32 Å². The van der Waals surface area contributed by atoms with Gasteiger partial charge in [0, 0.05) is 17.8 Å². The van der Waals surface area contributed by atoms with Crippen LogP contribution in [0.15, 0.2) is 29.4 Å². The number of halogens is 1. The number of thioether (sulfide) groups is 1. The number of rotatable bonds is 7. The van der Waals surface area contributed by atoms with Gasteiger partial charge in [-0.1, -0.05) is 37.7 Å². The Balaban J connectivity index is 2.04. The molecule has 0 aliphatic heterocycles. The van der Waals surface area contributed by atoms with Crippen molar-refractivity contribution in [2.75, 3.05) is 6.26 Å². The molecular formula is C20H26FN3OS. The summed E-state index contributed by atoms with van der Waals surface area (Å²) < 4.78 is 13.2. The second-order valence-corrected chi connectivity index (χ2v) is 7.47. The van der Waals surface area contributed by atoms with E-state index in [0.717, 1.165) is 27.7 Å². The smallest absolute Gasteiger partial charge is 0.220 e. The largest absolute Gasteiger partial charge is 0.349 e. The van der Waals surface area contributed by atoms with Crippen molar-refractivity contribution < 1.29 is 9.18 Å². The second kappa shape index (κ2) is 9.12. The molecule has 1 atom stereocenters. The van der Waals surface area contributed by atoms with E-state index in [-0.39, 0.29) is 23.7 Å². The first-order chi connectivity index (χ1) is 12.3. The van der Waals surface area contributed by atoms with Crippen molar-refractivity contribution in [2.45, 2.75) is 51.7 Å². The highest BCUT2D eigenvalue weighted by Gasteiger charge is 2.19. The molecular weight excluding hydrogens is 349 g/mol. The van der Waals surface area contributed by atoms with E-state index >= 15 is 0 Å². The minimum atomic E-state index is -0.276. The Morgan fingerprint density at radius 2 is 1.73 bits per heavy atom. The van der Waals surface area contributed by atoms with E-state index in [1.165, 1.54) is 23.9 Å². The number of nitrogens with one attached hydrogen (secondary N) is 1. The number of aryl methyl sites for hydroxylation is 2. The first-order valence-corrected chi connectivity index (χ1v) is 9.97. The van der Waals surface area contributed by atoms with Crippen LogP contribution in [0.2, 0.25) is 0 Å². The van der Waals surface area contributed by atoms with Crippen LogP contribution in [0, 0.1) is 25.6 Å². The van der Waals surface area contributed by atoms with Crippen LogP contribution in [0.5, 0.6) is 0 Å². The Kier molecular flexibility index (Phi) is 7.14. The normalized spacial score (nSPS) is 12.3. The summed E-state index contributed by atoms with van der Waals surface area (Å²) in [5.41, 5.74) is 3.79. The second-order valence-electron chi connectivity index (χ2n) is 6.70. The number of benzene rings is 1. The van der Waals surface area contributed by atoms with Crippen LogP contribution in [0.1, 0.15) is 48.8 Å². The number of hydrogen-bond donors (Lipinski definition) is 1. The molecule has 6 heteroatoms. The predicted octanol–water partition coefficient (Wildman–Crippen LogP) is 4.40. The molecule has 2 aromatic rings. The number of nitrogens with zero attached hydrogens (tertiary/aromatic N) is 2. The standard InChI is InChI=1S/C20H26FN3OS/c1-12(2)19(15-6-8-16(21)9-7-15)24-18(25)11-10-17-13(3)22-20(26-5)23-14(17)4/h6-9,12,19H,10-11H2,1-5H3,(H,24,25)/t19-/m0/s1. The van der Waals surface area contributed by atoms with Crippen molar-refractivity contribution in [3.8, 4) is 0 Å². The molecule has 1 aromatic heterocycles. The van der Waals surface area contributed by atoms with Gasteiger partial charge < -0.3 is 5.32 Å².